The summed E-state index contributed by atoms with van der Waals surface area (Å²) in [4.78, 5) is 13.4. The number of carbonyl (C=O) groups excluding carboxylic acids is 1. The Hall–Kier alpha value is -2.11. The molecule has 6 heteroatoms. The first-order chi connectivity index (χ1) is 11.1. The van der Waals surface area contributed by atoms with E-state index in [2.05, 4.69) is 4.90 Å². The summed E-state index contributed by atoms with van der Waals surface area (Å²) >= 11 is 6.03. The summed E-state index contributed by atoms with van der Waals surface area (Å²) in [6.45, 7) is 1.26. The number of nitrogens with one attached hydrogen (secondary N) is 1. The van der Waals surface area contributed by atoms with E-state index in [1.165, 1.54) is 17.1 Å². The highest BCUT2D eigenvalue weighted by molar-refractivity contribution is 6.30. The molecule has 0 bridgehead atoms. The van der Waals surface area contributed by atoms with Gasteiger partial charge >= 0.3 is 0 Å². The lowest BCUT2D eigenvalue weighted by Crippen LogP contribution is -2.29. The summed E-state index contributed by atoms with van der Waals surface area (Å²) in [6, 6.07) is 9.95. The normalized spacial score (nSPS) is 13.6. The monoisotopic (exact) mass is 334 g/mol. The van der Waals surface area contributed by atoms with E-state index >= 15 is 0 Å². The summed E-state index contributed by atoms with van der Waals surface area (Å²) in [6.07, 6.45) is 1.95. The topological polar surface area (TPSA) is 52.6 Å². The van der Waals surface area contributed by atoms with Gasteiger partial charge in [-0.25, -0.2) is 9.87 Å². The van der Waals surface area contributed by atoms with Gasteiger partial charge in [-0.05, 0) is 48.7 Å². The number of aryl methyl sites for hydroxylation is 1. The van der Waals surface area contributed by atoms with E-state index in [1.54, 1.807) is 6.07 Å². The second-order valence-corrected chi connectivity index (χ2v) is 5.98. The van der Waals surface area contributed by atoms with Gasteiger partial charge < -0.3 is 4.90 Å². The fourth-order valence-corrected chi connectivity index (χ4v) is 3.09. The fraction of sp³-hybridized carbons (Fsp3) is 0.235. The highest BCUT2D eigenvalue weighted by Gasteiger charge is 2.19. The number of fused-ring (bicyclic) bond motifs is 1. The molecule has 0 aliphatic carbocycles. The average Bonchev–Trinajstić information content (AvgIpc) is 2.55. The zero-order valence-electron chi connectivity index (χ0n) is 12.4. The number of hydrogen-bond donors (Lipinski definition) is 2. The third-order valence-corrected chi connectivity index (χ3v) is 4.27. The molecule has 1 heterocycles. The van der Waals surface area contributed by atoms with Crippen molar-refractivity contribution in [1.29, 1.82) is 0 Å². The zero-order chi connectivity index (χ0) is 16.4. The van der Waals surface area contributed by atoms with Crippen molar-refractivity contribution in [3.8, 4) is 0 Å². The van der Waals surface area contributed by atoms with Gasteiger partial charge in [0.15, 0.2) is 0 Å². The Morgan fingerprint density at radius 3 is 2.87 bits per heavy atom. The predicted octanol–water partition coefficient (Wildman–Crippen LogP) is 3.55. The number of amides is 1. The molecule has 4 nitrogen and oxygen atoms in total. The second kappa shape index (κ2) is 6.56. The Kier molecular flexibility index (Phi) is 4.50. The molecule has 1 aliphatic heterocycles. The second-order valence-electron chi connectivity index (χ2n) is 5.55. The zero-order valence-corrected chi connectivity index (χ0v) is 13.1. The largest absolute Gasteiger partial charge is 0.367 e. The molecule has 0 unspecified atom stereocenters. The molecule has 0 fully saturated rings. The molecule has 1 amide bonds. The number of carbonyl (C=O) groups is 1. The minimum Gasteiger partial charge on any atom is -0.367 e. The number of benzene rings is 2. The van der Waals surface area contributed by atoms with Crippen LogP contribution >= 0.6 is 11.6 Å². The smallest absolute Gasteiger partial charge is 0.274 e. The number of anilines is 1. The predicted molar refractivity (Wildman–Crippen MR) is 86.5 cm³/mol. The lowest BCUT2D eigenvalue weighted by Gasteiger charge is -2.31. The first-order valence-corrected chi connectivity index (χ1v) is 7.72. The molecule has 0 aromatic heterocycles. The number of halogens is 2. The third kappa shape index (κ3) is 3.30. The van der Waals surface area contributed by atoms with Crippen molar-refractivity contribution in [3.05, 3.63) is 63.9 Å². The molecule has 1 aliphatic rings. The molecule has 2 aromatic carbocycles. The van der Waals surface area contributed by atoms with E-state index in [0.717, 1.165) is 31.1 Å². The Labute approximate surface area is 138 Å². The van der Waals surface area contributed by atoms with Crippen LogP contribution in [-0.4, -0.2) is 17.7 Å². The maximum absolute atomic E-state index is 14.2. The summed E-state index contributed by atoms with van der Waals surface area (Å²) in [7, 11) is 0. The third-order valence-electron chi connectivity index (χ3n) is 4.03. The maximum Gasteiger partial charge on any atom is 0.274 e. The quantitative estimate of drug-likeness (QED) is 0.666. The van der Waals surface area contributed by atoms with Gasteiger partial charge in [-0.15, -0.1) is 0 Å². The average molecular weight is 335 g/mol. The standard InChI is InChI=1S/C17H16ClFN2O2/c18-14-5-6-16-11(8-14)2-1-7-21(16)10-13-4-3-12(9-15(13)19)17(22)20-23/h3-6,8-9,23H,1-2,7,10H2,(H,20,22). The van der Waals surface area contributed by atoms with Gasteiger partial charge in [0.05, 0.1) is 0 Å². The summed E-state index contributed by atoms with van der Waals surface area (Å²) in [5.41, 5.74) is 4.32. The van der Waals surface area contributed by atoms with Crippen molar-refractivity contribution in [1.82, 2.24) is 5.48 Å². The van der Waals surface area contributed by atoms with Crippen LogP contribution in [0.1, 0.15) is 27.9 Å². The van der Waals surface area contributed by atoms with Crippen molar-refractivity contribution >= 4 is 23.2 Å². The molecule has 120 valence electrons. The SMILES string of the molecule is O=C(NO)c1ccc(CN2CCCc3cc(Cl)ccc32)c(F)c1. The van der Waals surface area contributed by atoms with Crippen molar-refractivity contribution in [2.45, 2.75) is 19.4 Å². The molecular weight excluding hydrogens is 319 g/mol. The van der Waals surface area contributed by atoms with Crippen LogP contribution in [0.5, 0.6) is 0 Å². The molecule has 3 rings (SSSR count). The van der Waals surface area contributed by atoms with Gasteiger partial charge in [0.25, 0.3) is 5.91 Å². The Morgan fingerprint density at radius 2 is 2.13 bits per heavy atom. The van der Waals surface area contributed by atoms with Crippen LogP contribution in [0.15, 0.2) is 36.4 Å². The van der Waals surface area contributed by atoms with Crippen LogP contribution in [0.4, 0.5) is 10.1 Å². The van der Waals surface area contributed by atoms with E-state index in [0.29, 0.717) is 17.1 Å². The van der Waals surface area contributed by atoms with E-state index in [4.69, 9.17) is 16.8 Å². The van der Waals surface area contributed by atoms with Crippen LogP contribution in [0.3, 0.4) is 0 Å². The Bertz CT molecular complexity index is 751. The van der Waals surface area contributed by atoms with Gasteiger partial charge in [-0.1, -0.05) is 17.7 Å². The highest BCUT2D eigenvalue weighted by atomic mass is 35.5. The van der Waals surface area contributed by atoms with Crippen molar-refractivity contribution in [2.24, 2.45) is 0 Å². The lowest BCUT2D eigenvalue weighted by atomic mass is 10.0. The van der Waals surface area contributed by atoms with Crippen molar-refractivity contribution < 1.29 is 14.4 Å². The number of hydrogen-bond acceptors (Lipinski definition) is 3. The van der Waals surface area contributed by atoms with Crippen LogP contribution in [0.2, 0.25) is 5.02 Å². The molecule has 0 saturated carbocycles. The molecule has 0 atom stereocenters. The van der Waals surface area contributed by atoms with Gasteiger partial charge in [-0.2, -0.15) is 0 Å². The van der Waals surface area contributed by atoms with E-state index in [1.807, 2.05) is 18.2 Å². The first kappa shape index (κ1) is 15.8. The van der Waals surface area contributed by atoms with E-state index in [-0.39, 0.29) is 5.56 Å². The van der Waals surface area contributed by atoms with Crippen LogP contribution in [0, 0.1) is 5.82 Å². The summed E-state index contributed by atoms with van der Waals surface area (Å²) in [5.74, 6) is -1.19. The first-order valence-electron chi connectivity index (χ1n) is 7.34. The molecule has 2 N–H and O–H groups in total. The number of nitrogens with zero attached hydrogens (tertiary/aromatic N) is 1. The minimum atomic E-state index is -0.728. The Balaban J connectivity index is 1.85. The molecule has 2 aromatic rings. The van der Waals surface area contributed by atoms with E-state index < -0.39 is 11.7 Å². The van der Waals surface area contributed by atoms with Gasteiger partial charge in [-0.3, -0.25) is 10.0 Å². The molecule has 23 heavy (non-hydrogen) atoms. The van der Waals surface area contributed by atoms with Crippen molar-refractivity contribution in [3.63, 3.8) is 0 Å². The summed E-state index contributed by atoms with van der Waals surface area (Å²) < 4.78 is 14.2. The van der Waals surface area contributed by atoms with E-state index in [9.17, 15) is 9.18 Å². The molecule has 0 saturated heterocycles. The minimum absolute atomic E-state index is 0.0829. The highest BCUT2D eigenvalue weighted by Crippen LogP contribution is 2.31. The maximum atomic E-state index is 14.2. The summed E-state index contributed by atoms with van der Waals surface area (Å²) in [5, 5.41) is 9.30. The number of hydroxylamine groups is 1. The van der Waals surface area contributed by atoms with Gasteiger partial charge in [0.2, 0.25) is 0 Å². The molecule has 0 radical (unpaired) electrons. The van der Waals surface area contributed by atoms with Gasteiger partial charge in [0.1, 0.15) is 5.82 Å². The lowest BCUT2D eigenvalue weighted by molar-refractivity contribution is 0.0706. The fourth-order valence-electron chi connectivity index (χ4n) is 2.89. The van der Waals surface area contributed by atoms with Crippen molar-refractivity contribution in [2.75, 3.05) is 11.4 Å². The Morgan fingerprint density at radius 1 is 1.30 bits per heavy atom. The van der Waals surface area contributed by atoms with Crippen LogP contribution in [0.25, 0.3) is 0 Å². The molecular formula is C17H16ClFN2O2. The number of rotatable bonds is 3. The van der Waals surface area contributed by atoms with Gasteiger partial charge in [0, 0.05) is 34.9 Å². The van der Waals surface area contributed by atoms with Crippen LogP contribution < -0.4 is 10.4 Å². The van der Waals surface area contributed by atoms with Crippen LogP contribution in [-0.2, 0) is 13.0 Å². The molecule has 0 spiro atoms.